The Morgan fingerprint density at radius 2 is 1.85 bits per heavy atom. The fraction of sp³-hybridized carbons (Fsp3) is 0.633. The number of hydrogen-bond donors (Lipinski definition) is 0. The molecule has 34 heavy (non-hydrogen) atoms. The van der Waals surface area contributed by atoms with Crippen LogP contribution in [0.15, 0.2) is 53.8 Å². The van der Waals surface area contributed by atoms with Gasteiger partial charge in [0.25, 0.3) is 0 Å². The number of allylic oxidation sites excluding steroid dienone is 3. The Kier molecular flexibility index (Phi) is 9.25. The first-order chi connectivity index (χ1) is 16.1. The van der Waals surface area contributed by atoms with E-state index < -0.39 is 8.32 Å². The first kappa shape index (κ1) is 26.8. The van der Waals surface area contributed by atoms with E-state index in [0.29, 0.717) is 11.8 Å². The van der Waals surface area contributed by atoms with Crippen LogP contribution in [0.2, 0.25) is 19.6 Å². The summed E-state index contributed by atoms with van der Waals surface area (Å²) in [5.74, 6) is 2.01. The van der Waals surface area contributed by atoms with Crippen molar-refractivity contribution in [3.05, 3.63) is 59.4 Å². The molecule has 0 bridgehead atoms. The Morgan fingerprint density at radius 1 is 1.12 bits per heavy atom. The van der Waals surface area contributed by atoms with E-state index in [1.54, 1.807) is 6.08 Å². The monoisotopic (exact) mass is 482 g/mol. The molecule has 1 fully saturated rings. The molecule has 0 heterocycles. The lowest BCUT2D eigenvalue weighted by molar-refractivity contribution is -0.150. The van der Waals surface area contributed by atoms with Gasteiger partial charge < -0.3 is 9.16 Å². The average Bonchev–Trinajstić information content (AvgIpc) is 3.19. The molecule has 4 heteroatoms. The molecule has 0 saturated heterocycles. The second-order valence-electron chi connectivity index (χ2n) is 12.0. The molecule has 0 unspecified atom stereocenters. The number of carbonyl (C=O) groups is 1. The Bertz CT molecular complexity index is 863. The van der Waals surface area contributed by atoms with Gasteiger partial charge in [-0.25, -0.2) is 4.79 Å². The third-order valence-electron chi connectivity index (χ3n) is 7.58. The number of carbonyl (C=O) groups excluding carboxylic acids is 1. The number of esters is 1. The SMILES string of the molecule is C[C@@H]1CC[C@@H](C(C)(C)c2ccccc2)[C@H](OC(=O)/C=C/CCCC2=C(O[Si](C)(C)C)CCC2)C1. The van der Waals surface area contributed by atoms with Gasteiger partial charge in [-0.05, 0) is 87.1 Å². The minimum atomic E-state index is -1.53. The van der Waals surface area contributed by atoms with Crippen LogP contribution < -0.4 is 0 Å². The highest BCUT2D eigenvalue weighted by atomic mass is 28.4. The lowest BCUT2D eigenvalue weighted by Gasteiger charge is -2.43. The molecule has 0 aromatic heterocycles. The Balaban J connectivity index is 1.52. The number of rotatable bonds is 10. The molecule has 1 aromatic rings. The van der Waals surface area contributed by atoms with E-state index >= 15 is 0 Å². The second-order valence-corrected chi connectivity index (χ2v) is 16.4. The maximum atomic E-state index is 12.7. The van der Waals surface area contributed by atoms with E-state index in [0.717, 1.165) is 38.5 Å². The summed E-state index contributed by atoms with van der Waals surface area (Å²) in [4.78, 5) is 12.7. The van der Waals surface area contributed by atoms with Crippen molar-refractivity contribution in [1.82, 2.24) is 0 Å². The van der Waals surface area contributed by atoms with Crippen molar-refractivity contribution < 1.29 is 14.0 Å². The quantitative estimate of drug-likeness (QED) is 0.145. The normalized spacial score (nSPS) is 24.0. The van der Waals surface area contributed by atoms with Crippen molar-refractivity contribution in [2.24, 2.45) is 11.8 Å². The van der Waals surface area contributed by atoms with Crippen LogP contribution in [0.1, 0.15) is 84.1 Å². The van der Waals surface area contributed by atoms with Crippen molar-refractivity contribution in [2.75, 3.05) is 0 Å². The molecule has 2 aliphatic carbocycles. The highest BCUT2D eigenvalue weighted by molar-refractivity contribution is 6.70. The highest BCUT2D eigenvalue weighted by Gasteiger charge is 2.41. The van der Waals surface area contributed by atoms with Crippen LogP contribution in [0, 0.1) is 11.8 Å². The lowest BCUT2D eigenvalue weighted by atomic mass is 9.64. The topological polar surface area (TPSA) is 35.5 Å². The molecule has 188 valence electrons. The first-order valence-corrected chi connectivity index (χ1v) is 16.8. The lowest BCUT2D eigenvalue weighted by Crippen LogP contribution is -2.43. The maximum Gasteiger partial charge on any atom is 0.330 e. The molecule has 0 N–H and O–H groups in total. The fourth-order valence-electron chi connectivity index (χ4n) is 5.70. The van der Waals surface area contributed by atoms with Gasteiger partial charge in [-0.3, -0.25) is 0 Å². The zero-order valence-electron chi connectivity index (χ0n) is 22.4. The minimum absolute atomic E-state index is 0.0268. The van der Waals surface area contributed by atoms with Crippen molar-refractivity contribution in [2.45, 2.75) is 110 Å². The molecular weight excluding hydrogens is 436 g/mol. The number of ether oxygens (including phenoxy) is 1. The van der Waals surface area contributed by atoms with E-state index in [-0.39, 0.29) is 17.5 Å². The zero-order valence-corrected chi connectivity index (χ0v) is 23.4. The van der Waals surface area contributed by atoms with Gasteiger partial charge in [-0.2, -0.15) is 0 Å². The number of unbranched alkanes of at least 4 members (excludes halogenated alkanes) is 1. The first-order valence-electron chi connectivity index (χ1n) is 13.4. The van der Waals surface area contributed by atoms with E-state index in [4.69, 9.17) is 9.16 Å². The van der Waals surface area contributed by atoms with Crippen molar-refractivity contribution in [3.8, 4) is 0 Å². The van der Waals surface area contributed by atoms with Gasteiger partial charge in [0.15, 0.2) is 0 Å². The van der Waals surface area contributed by atoms with Crippen LogP contribution in [0.25, 0.3) is 0 Å². The van der Waals surface area contributed by atoms with Gasteiger partial charge in [0.1, 0.15) is 6.10 Å². The molecular formula is C30H46O3Si. The van der Waals surface area contributed by atoms with Crippen LogP contribution in [-0.4, -0.2) is 20.4 Å². The largest absolute Gasteiger partial charge is 0.547 e. The molecule has 0 radical (unpaired) electrons. The summed E-state index contributed by atoms with van der Waals surface area (Å²) in [5.41, 5.74) is 2.80. The summed E-state index contributed by atoms with van der Waals surface area (Å²) in [6.45, 7) is 13.6. The standard InChI is InChI=1S/C30H46O3Si/c1-23-20-21-26(30(2,3)25-16-10-8-11-17-25)28(22-23)32-29(31)19-12-7-9-14-24-15-13-18-27(24)33-34(4,5)6/h8,10-12,16-17,19,23,26,28H,7,9,13-15,18,20-22H2,1-6H3/b19-12+/t23-,26-,28-/m1/s1. The summed E-state index contributed by atoms with van der Waals surface area (Å²) >= 11 is 0. The predicted octanol–water partition coefficient (Wildman–Crippen LogP) is 8.33. The van der Waals surface area contributed by atoms with Gasteiger partial charge in [0.05, 0.1) is 5.76 Å². The number of hydrogen-bond acceptors (Lipinski definition) is 3. The van der Waals surface area contributed by atoms with Gasteiger partial charge in [-0.15, -0.1) is 0 Å². The smallest absolute Gasteiger partial charge is 0.330 e. The molecule has 3 rings (SSSR count). The molecule has 3 nitrogen and oxygen atoms in total. The third kappa shape index (κ3) is 7.60. The second kappa shape index (κ2) is 11.7. The van der Waals surface area contributed by atoms with Gasteiger partial charge in [0, 0.05) is 18.4 Å². The van der Waals surface area contributed by atoms with E-state index in [1.807, 2.05) is 6.08 Å². The Hall–Kier alpha value is -1.81. The van der Waals surface area contributed by atoms with E-state index in [1.165, 1.54) is 36.2 Å². The van der Waals surface area contributed by atoms with Gasteiger partial charge in [-0.1, -0.05) is 63.6 Å². The van der Waals surface area contributed by atoms with Gasteiger partial charge >= 0.3 is 5.97 Å². The van der Waals surface area contributed by atoms with Crippen LogP contribution in [0.4, 0.5) is 0 Å². The molecule has 0 spiro atoms. The van der Waals surface area contributed by atoms with Crippen LogP contribution in [-0.2, 0) is 19.4 Å². The van der Waals surface area contributed by atoms with Gasteiger partial charge in [0.2, 0.25) is 8.32 Å². The molecule has 0 aliphatic heterocycles. The Labute approximate surface area is 209 Å². The molecule has 0 amide bonds. The van der Waals surface area contributed by atoms with Crippen LogP contribution >= 0.6 is 0 Å². The maximum absolute atomic E-state index is 12.7. The summed E-state index contributed by atoms with van der Waals surface area (Å²) < 4.78 is 12.4. The summed E-state index contributed by atoms with van der Waals surface area (Å²) in [5, 5.41) is 0. The fourth-order valence-corrected chi connectivity index (χ4v) is 6.69. The molecule has 1 saturated carbocycles. The molecule has 2 aliphatic rings. The zero-order chi connectivity index (χ0) is 24.8. The van der Waals surface area contributed by atoms with Crippen molar-refractivity contribution in [3.63, 3.8) is 0 Å². The molecule has 1 aromatic carbocycles. The highest BCUT2D eigenvalue weighted by Crippen LogP contribution is 2.43. The van der Waals surface area contributed by atoms with Crippen molar-refractivity contribution in [1.29, 1.82) is 0 Å². The summed E-state index contributed by atoms with van der Waals surface area (Å²) in [6, 6.07) is 10.7. The van der Waals surface area contributed by atoms with E-state index in [2.05, 4.69) is 70.7 Å². The third-order valence-corrected chi connectivity index (χ3v) is 8.43. The molecule has 3 atom stereocenters. The van der Waals surface area contributed by atoms with Crippen molar-refractivity contribution >= 4 is 14.3 Å². The van der Waals surface area contributed by atoms with E-state index in [9.17, 15) is 4.79 Å². The van der Waals surface area contributed by atoms with Crippen LogP contribution in [0.5, 0.6) is 0 Å². The number of benzene rings is 1. The predicted molar refractivity (Wildman–Crippen MR) is 144 cm³/mol. The Morgan fingerprint density at radius 3 is 2.56 bits per heavy atom. The average molecular weight is 483 g/mol. The van der Waals surface area contributed by atoms with Crippen LogP contribution in [0.3, 0.4) is 0 Å². The summed E-state index contributed by atoms with van der Waals surface area (Å²) in [6.07, 6.45) is 13.4. The minimum Gasteiger partial charge on any atom is -0.547 e. The summed E-state index contributed by atoms with van der Waals surface area (Å²) in [7, 11) is -1.53.